The average molecular weight is 421 g/mol. The van der Waals surface area contributed by atoms with Gasteiger partial charge in [0.15, 0.2) is 0 Å². The zero-order valence-corrected chi connectivity index (χ0v) is 18.2. The zero-order chi connectivity index (χ0) is 21.6. The molecular weight excluding hydrogens is 392 g/mol. The lowest BCUT2D eigenvalue weighted by Gasteiger charge is -2.31. The molecule has 0 radical (unpaired) electrons. The van der Waals surface area contributed by atoms with Crippen LogP contribution in [0.3, 0.4) is 0 Å². The predicted octanol–water partition coefficient (Wildman–Crippen LogP) is 3.13. The summed E-state index contributed by atoms with van der Waals surface area (Å²) in [5.41, 5.74) is 1.18. The first-order chi connectivity index (χ1) is 13.7. The molecule has 0 aliphatic heterocycles. The van der Waals surface area contributed by atoms with E-state index in [0.717, 1.165) is 16.1 Å². The Balaban J connectivity index is 2.34. The van der Waals surface area contributed by atoms with E-state index in [0.29, 0.717) is 23.6 Å². The molecule has 2 rings (SSSR count). The number of carbonyl (C=O) groups excluding carboxylic acids is 1. The number of carbonyl (C=O) groups is 1. The van der Waals surface area contributed by atoms with E-state index in [2.05, 4.69) is 5.32 Å². The number of sulfonamides is 1. The lowest BCUT2D eigenvalue weighted by Crippen LogP contribution is -2.49. The number of ether oxygens (including phenoxy) is 2. The van der Waals surface area contributed by atoms with Crippen LogP contribution in [0.15, 0.2) is 48.5 Å². The number of amides is 1. The van der Waals surface area contributed by atoms with Crippen molar-refractivity contribution in [3.05, 3.63) is 54.1 Å². The largest absolute Gasteiger partial charge is 0.497 e. The minimum Gasteiger partial charge on any atom is -0.497 e. The van der Waals surface area contributed by atoms with Crippen LogP contribution < -0.4 is 19.1 Å². The molecule has 2 aromatic rings. The highest BCUT2D eigenvalue weighted by Gasteiger charge is 2.32. The molecule has 1 N–H and O–H groups in total. The van der Waals surface area contributed by atoms with Crippen molar-refractivity contribution in [2.75, 3.05) is 24.8 Å². The van der Waals surface area contributed by atoms with Gasteiger partial charge in [0.25, 0.3) is 0 Å². The van der Waals surface area contributed by atoms with Crippen molar-refractivity contribution in [3.63, 3.8) is 0 Å². The molecule has 0 heterocycles. The Morgan fingerprint density at radius 3 is 2.28 bits per heavy atom. The van der Waals surface area contributed by atoms with E-state index in [1.165, 1.54) is 0 Å². The Hall–Kier alpha value is -2.74. The van der Waals surface area contributed by atoms with Gasteiger partial charge < -0.3 is 14.8 Å². The standard InChI is InChI=1S/C21H28N2O5S/c1-6-19(23(29(5,25)26)16-10-8-7-9-11-16)21(24)22-15(2)18-14-17(27-3)12-13-20(18)28-4/h7-15,19H,6H2,1-5H3,(H,22,24). The van der Waals surface area contributed by atoms with Gasteiger partial charge in [0.1, 0.15) is 17.5 Å². The van der Waals surface area contributed by atoms with Crippen molar-refractivity contribution >= 4 is 21.6 Å². The molecule has 29 heavy (non-hydrogen) atoms. The zero-order valence-electron chi connectivity index (χ0n) is 17.4. The summed E-state index contributed by atoms with van der Waals surface area (Å²) in [6.07, 6.45) is 1.42. The minimum absolute atomic E-state index is 0.315. The first kappa shape index (κ1) is 22.5. The molecule has 0 saturated carbocycles. The summed E-state index contributed by atoms with van der Waals surface area (Å²) in [5, 5.41) is 2.91. The molecular formula is C21H28N2O5S. The van der Waals surface area contributed by atoms with Gasteiger partial charge in [-0.15, -0.1) is 0 Å². The third-order valence-corrected chi connectivity index (χ3v) is 5.78. The van der Waals surface area contributed by atoms with E-state index < -0.39 is 22.1 Å². The Bertz CT molecular complexity index is 931. The molecule has 0 aliphatic carbocycles. The van der Waals surface area contributed by atoms with Crippen LogP contribution in [0.1, 0.15) is 31.9 Å². The summed E-state index contributed by atoms with van der Waals surface area (Å²) in [6.45, 7) is 3.59. The maximum Gasteiger partial charge on any atom is 0.244 e. The summed E-state index contributed by atoms with van der Waals surface area (Å²) >= 11 is 0. The molecule has 2 aromatic carbocycles. The third kappa shape index (κ3) is 5.41. The van der Waals surface area contributed by atoms with E-state index in [-0.39, 0.29) is 5.91 Å². The summed E-state index contributed by atoms with van der Waals surface area (Å²) in [4.78, 5) is 13.1. The topological polar surface area (TPSA) is 84.9 Å². The number of para-hydroxylation sites is 1. The highest BCUT2D eigenvalue weighted by molar-refractivity contribution is 7.92. The molecule has 0 aromatic heterocycles. The third-order valence-electron chi connectivity index (χ3n) is 4.60. The predicted molar refractivity (Wildman–Crippen MR) is 114 cm³/mol. The maximum absolute atomic E-state index is 13.1. The number of nitrogens with zero attached hydrogens (tertiary/aromatic N) is 1. The quantitative estimate of drug-likeness (QED) is 0.674. The lowest BCUT2D eigenvalue weighted by molar-refractivity contribution is -0.122. The van der Waals surface area contributed by atoms with Gasteiger partial charge in [-0.05, 0) is 43.7 Å². The van der Waals surface area contributed by atoms with Gasteiger partial charge in [-0.3, -0.25) is 9.10 Å². The molecule has 0 spiro atoms. The van der Waals surface area contributed by atoms with Gasteiger partial charge >= 0.3 is 0 Å². The molecule has 2 atom stereocenters. The smallest absolute Gasteiger partial charge is 0.244 e. The number of anilines is 1. The van der Waals surface area contributed by atoms with Crippen LogP contribution in [0.5, 0.6) is 11.5 Å². The highest BCUT2D eigenvalue weighted by Crippen LogP contribution is 2.30. The second-order valence-corrected chi connectivity index (χ2v) is 8.52. The van der Waals surface area contributed by atoms with E-state index in [9.17, 15) is 13.2 Å². The summed E-state index contributed by atoms with van der Waals surface area (Å²) in [5.74, 6) is 0.852. The van der Waals surface area contributed by atoms with Crippen LogP contribution in [0.25, 0.3) is 0 Å². The molecule has 2 unspecified atom stereocenters. The highest BCUT2D eigenvalue weighted by atomic mass is 32.2. The van der Waals surface area contributed by atoms with Crippen LogP contribution in [-0.2, 0) is 14.8 Å². The summed E-state index contributed by atoms with van der Waals surface area (Å²) in [6, 6.07) is 12.6. The van der Waals surface area contributed by atoms with Crippen LogP contribution in [0, 0.1) is 0 Å². The second kappa shape index (κ2) is 9.65. The Kier molecular flexibility index (Phi) is 7.50. The van der Waals surface area contributed by atoms with Crippen molar-refractivity contribution in [1.29, 1.82) is 0 Å². The molecule has 0 aliphatic rings. The second-order valence-electron chi connectivity index (χ2n) is 6.66. The molecule has 7 nitrogen and oxygen atoms in total. The number of rotatable bonds is 9. The van der Waals surface area contributed by atoms with Crippen molar-refractivity contribution in [2.45, 2.75) is 32.4 Å². The Morgan fingerprint density at radius 1 is 1.10 bits per heavy atom. The SMILES string of the molecule is CCC(C(=O)NC(C)c1cc(OC)ccc1OC)N(c1ccccc1)S(C)(=O)=O. The fraction of sp³-hybridized carbons (Fsp3) is 0.381. The first-order valence-corrected chi connectivity index (χ1v) is 11.1. The van der Waals surface area contributed by atoms with Crippen molar-refractivity contribution in [1.82, 2.24) is 5.32 Å². The maximum atomic E-state index is 13.1. The number of nitrogens with one attached hydrogen (secondary N) is 1. The monoisotopic (exact) mass is 420 g/mol. The molecule has 8 heteroatoms. The summed E-state index contributed by atoms with van der Waals surface area (Å²) in [7, 11) is -0.558. The number of benzene rings is 2. The normalized spacial score (nSPS) is 13.3. The Morgan fingerprint density at radius 2 is 1.76 bits per heavy atom. The van der Waals surface area contributed by atoms with E-state index in [1.54, 1.807) is 69.7 Å². The molecule has 158 valence electrons. The fourth-order valence-corrected chi connectivity index (χ4v) is 4.41. The fourth-order valence-electron chi connectivity index (χ4n) is 3.20. The number of methoxy groups -OCH3 is 2. The summed E-state index contributed by atoms with van der Waals surface area (Å²) < 4.78 is 36.8. The van der Waals surface area contributed by atoms with Gasteiger partial charge in [0.2, 0.25) is 15.9 Å². The Labute approximate surface area is 172 Å². The van der Waals surface area contributed by atoms with Crippen molar-refractivity contribution < 1.29 is 22.7 Å². The first-order valence-electron chi connectivity index (χ1n) is 9.29. The van der Waals surface area contributed by atoms with Gasteiger partial charge in [-0.1, -0.05) is 25.1 Å². The molecule has 0 bridgehead atoms. The van der Waals surface area contributed by atoms with Crippen molar-refractivity contribution in [2.24, 2.45) is 0 Å². The number of hydrogen-bond acceptors (Lipinski definition) is 5. The van der Waals surface area contributed by atoms with Gasteiger partial charge in [-0.25, -0.2) is 8.42 Å². The van der Waals surface area contributed by atoms with Gasteiger partial charge in [-0.2, -0.15) is 0 Å². The van der Waals surface area contributed by atoms with E-state index in [1.807, 2.05) is 6.92 Å². The van der Waals surface area contributed by atoms with Crippen molar-refractivity contribution in [3.8, 4) is 11.5 Å². The molecule has 0 saturated heterocycles. The van der Waals surface area contributed by atoms with Crippen LogP contribution >= 0.6 is 0 Å². The minimum atomic E-state index is -3.67. The van der Waals surface area contributed by atoms with E-state index in [4.69, 9.17) is 9.47 Å². The van der Waals surface area contributed by atoms with Crippen LogP contribution in [0.4, 0.5) is 5.69 Å². The van der Waals surface area contributed by atoms with Crippen LogP contribution in [-0.4, -0.2) is 40.8 Å². The van der Waals surface area contributed by atoms with Gasteiger partial charge in [0.05, 0.1) is 32.2 Å². The van der Waals surface area contributed by atoms with E-state index >= 15 is 0 Å². The number of hydrogen-bond donors (Lipinski definition) is 1. The molecule has 0 fully saturated rings. The lowest BCUT2D eigenvalue weighted by atomic mass is 10.1. The molecule has 1 amide bonds. The van der Waals surface area contributed by atoms with Crippen LogP contribution in [0.2, 0.25) is 0 Å². The van der Waals surface area contributed by atoms with Gasteiger partial charge in [0, 0.05) is 5.56 Å². The average Bonchev–Trinajstić information content (AvgIpc) is 2.70.